The zero-order valence-corrected chi connectivity index (χ0v) is 16.6. The van der Waals surface area contributed by atoms with Crippen LogP contribution in [-0.4, -0.2) is 34.2 Å². The Hall–Kier alpha value is -2.94. The number of rotatable bonds is 6. The summed E-state index contributed by atoms with van der Waals surface area (Å²) in [5.41, 5.74) is 7.28. The number of nitrogens with zero attached hydrogens (tertiary/aromatic N) is 1. The van der Waals surface area contributed by atoms with E-state index in [-0.39, 0.29) is 11.5 Å². The fourth-order valence-electron chi connectivity index (χ4n) is 3.20. The van der Waals surface area contributed by atoms with E-state index in [1.54, 1.807) is 7.05 Å². The maximum absolute atomic E-state index is 12.5. The van der Waals surface area contributed by atoms with Gasteiger partial charge >= 0.3 is 5.97 Å². The predicted molar refractivity (Wildman–Crippen MR) is 104 cm³/mol. The Kier molecular flexibility index (Phi) is 5.37. The van der Waals surface area contributed by atoms with Gasteiger partial charge in [-0.3, -0.25) is 14.4 Å². The van der Waals surface area contributed by atoms with E-state index in [1.807, 2.05) is 0 Å². The number of carbonyl (C=O) groups excluding carboxylic acids is 4. The van der Waals surface area contributed by atoms with Gasteiger partial charge in [-0.25, -0.2) is 4.79 Å². The summed E-state index contributed by atoms with van der Waals surface area (Å²) in [6, 6.07) is 1.42. The molecule has 1 atom stereocenters. The van der Waals surface area contributed by atoms with E-state index < -0.39 is 23.9 Å². The largest absolute Gasteiger partial charge is 0.448 e. The third-order valence-electron chi connectivity index (χ3n) is 4.68. The highest BCUT2D eigenvalue weighted by atomic mass is 32.1. The lowest BCUT2D eigenvalue weighted by atomic mass is 10.1. The van der Waals surface area contributed by atoms with Gasteiger partial charge in [0.1, 0.15) is 10.7 Å². The zero-order chi connectivity index (χ0) is 20.6. The van der Waals surface area contributed by atoms with E-state index in [0.717, 1.165) is 29.7 Å². The zero-order valence-electron chi connectivity index (χ0n) is 15.8. The molecule has 148 valence electrons. The molecule has 0 bridgehead atoms. The number of hydrogen-bond acceptors (Lipinski definition) is 6. The van der Waals surface area contributed by atoms with Crippen LogP contribution in [0, 0.1) is 0 Å². The Morgan fingerprint density at radius 2 is 2.00 bits per heavy atom. The first-order chi connectivity index (χ1) is 13.2. The molecule has 0 saturated carbocycles. The molecule has 1 aliphatic carbocycles. The van der Waals surface area contributed by atoms with Gasteiger partial charge in [0.15, 0.2) is 11.9 Å². The van der Waals surface area contributed by atoms with Crippen molar-refractivity contribution < 1.29 is 23.9 Å². The maximum Gasteiger partial charge on any atom is 0.355 e. The van der Waals surface area contributed by atoms with E-state index in [4.69, 9.17) is 10.5 Å². The van der Waals surface area contributed by atoms with Gasteiger partial charge in [0.05, 0.1) is 5.56 Å². The van der Waals surface area contributed by atoms with E-state index in [0.29, 0.717) is 16.1 Å². The topological polar surface area (TPSA) is 120 Å². The number of aromatic nitrogens is 1. The minimum Gasteiger partial charge on any atom is -0.448 e. The first-order valence-corrected chi connectivity index (χ1v) is 9.64. The SMILES string of the molecule is CC(=O)c1cc(C(=O)O[C@H](C)C(=O)Nc2sc3c(c2C(N)=O)CCC3)n(C)c1. The number of nitrogens with one attached hydrogen (secondary N) is 1. The molecule has 2 heterocycles. The number of aryl methyl sites for hydroxylation is 2. The minimum atomic E-state index is -1.10. The number of carbonyl (C=O) groups is 4. The Bertz CT molecular complexity index is 988. The van der Waals surface area contributed by atoms with Crippen molar-refractivity contribution >= 4 is 39.9 Å². The van der Waals surface area contributed by atoms with Crippen molar-refractivity contribution in [3.63, 3.8) is 0 Å². The van der Waals surface area contributed by atoms with Crippen LogP contribution in [0.25, 0.3) is 0 Å². The molecule has 2 aromatic rings. The fourth-order valence-corrected chi connectivity index (χ4v) is 4.50. The molecular weight excluding hydrogens is 382 g/mol. The Labute approximate surface area is 165 Å². The molecule has 0 aromatic carbocycles. The van der Waals surface area contributed by atoms with Crippen molar-refractivity contribution in [2.45, 2.75) is 39.2 Å². The summed E-state index contributed by atoms with van der Waals surface area (Å²) in [4.78, 5) is 49.1. The van der Waals surface area contributed by atoms with Crippen LogP contribution in [0.4, 0.5) is 5.00 Å². The van der Waals surface area contributed by atoms with Crippen molar-refractivity contribution in [3.8, 4) is 0 Å². The average molecular weight is 403 g/mol. The van der Waals surface area contributed by atoms with Crippen LogP contribution in [0.5, 0.6) is 0 Å². The highest BCUT2D eigenvalue weighted by Gasteiger charge is 2.28. The molecule has 0 unspecified atom stereocenters. The number of fused-ring (bicyclic) bond motifs is 1. The predicted octanol–water partition coefficient (Wildman–Crippen LogP) is 2.06. The number of nitrogens with two attached hydrogens (primary N) is 1. The molecule has 28 heavy (non-hydrogen) atoms. The second-order valence-corrected chi connectivity index (χ2v) is 7.85. The van der Waals surface area contributed by atoms with Crippen LogP contribution in [0.15, 0.2) is 12.3 Å². The lowest BCUT2D eigenvalue weighted by molar-refractivity contribution is -0.123. The van der Waals surface area contributed by atoms with Crippen LogP contribution in [0.1, 0.15) is 61.9 Å². The van der Waals surface area contributed by atoms with Gasteiger partial charge < -0.3 is 20.4 Å². The highest BCUT2D eigenvalue weighted by Crippen LogP contribution is 2.38. The Morgan fingerprint density at radius 1 is 1.29 bits per heavy atom. The van der Waals surface area contributed by atoms with Gasteiger partial charge in [-0.15, -0.1) is 11.3 Å². The van der Waals surface area contributed by atoms with E-state index in [1.165, 1.54) is 42.0 Å². The summed E-state index contributed by atoms with van der Waals surface area (Å²) in [6.07, 6.45) is 3.00. The molecule has 1 aliphatic rings. The average Bonchev–Trinajstić information content (AvgIpc) is 3.28. The number of Topliss-reactive ketones (excluding diaryl/α,β-unsaturated/α-hetero) is 1. The van der Waals surface area contributed by atoms with Crippen molar-refractivity contribution in [3.05, 3.63) is 39.5 Å². The van der Waals surface area contributed by atoms with Gasteiger partial charge in [-0.05, 0) is 44.7 Å². The van der Waals surface area contributed by atoms with E-state index >= 15 is 0 Å². The number of esters is 1. The summed E-state index contributed by atoms with van der Waals surface area (Å²) in [6.45, 7) is 2.84. The van der Waals surface area contributed by atoms with Crippen LogP contribution in [0.2, 0.25) is 0 Å². The Morgan fingerprint density at radius 3 is 2.61 bits per heavy atom. The molecule has 0 spiro atoms. The van der Waals surface area contributed by atoms with Crippen LogP contribution in [0.3, 0.4) is 0 Å². The number of thiophene rings is 1. The number of amides is 2. The molecular formula is C19H21N3O5S. The van der Waals surface area contributed by atoms with Crippen molar-refractivity contribution in [1.82, 2.24) is 4.57 Å². The van der Waals surface area contributed by atoms with E-state index in [2.05, 4.69) is 5.32 Å². The molecule has 2 amide bonds. The van der Waals surface area contributed by atoms with Crippen LogP contribution < -0.4 is 11.1 Å². The van der Waals surface area contributed by atoms with E-state index in [9.17, 15) is 19.2 Å². The minimum absolute atomic E-state index is 0.165. The quantitative estimate of drug-likeness (QED) is 0.565. The molecule has 3 rings (SSSR count). The molecule has 3 N–H and O–H groups in total. The Balaban J connectivity index is 1.71. The van der Waals surface area contributed by atoms with Crippen molar-refractivity contribution in [2.24, 2.45) is 12.8 Å². The molecule has 0 fully saturated rings. The number of hydrogen-bond donors (Lipinski definition) is 2. The monoisotopic (exact) mass is 403 g/mol. The molecule has 0 aliphatic heterocycles. The lowest BCUT2D eigenvalue weighted by Gasteiger charge is -2.14. The number of primary amides is 1. The van der Waals surface area contributed by atoms with Crippen molar-refractivity contribution in [2.75, 3.05) is 5.32 Å². The summed E-state index contributed by atoms with van der Waals surface area (Å²) < 4.78 is 6.70. The molecule has 8 nitrogen and oxygen atoms in total. The van der Waals surface area contributed by atoms with Gasteiger partial charge in [-0.1, -0.05) is 0 Å². The third kappa shape index (κ3) is 3.70. The molecule has 2 aromatic heterocycles. The fraction of sp³-hybridized carbons (Fsp3) is 0.368. The van der Waals surface area contributed by atoms with Crippen LogP contribution in [-0.2, 0) is 29.4 Å². The summed E-state index contributed by atoms with van der Waals surface area (Å²) in [5, 5.41) is 3.05. The summed E-state index contributed by atoms with van der Waals surface area (Å²) in [5.74, 6) is -2.04. The lowest BCUT2D eigenvalue weighted by Crippen LogP contribution is -2.31. The van der Waals surface area contributed by atoms with Gasteiger partial charge in [0, 0.05) is 23.7 Å². The maximum atomic E-state index is 12.5. The van der Waals surface area contributed by atoms with Gasteiger partial charge in [-0.2, -0.15) is 0 Å². The second kappa shape index (κ2) is 7.59. The molecule has 0 radical (unpaired) electrons. The number of anilines is 1. The standard InChI is InChI=1S/C19H21N3O5S/c1-9(23)11-7-13(22(3)8-11)19(26)27-10(2)17(25)21-18-15(16(20)24)12-5-4-6-14(12)28-18/h7-8,10H,4-6H2,1-3H3,(H2,20,24)(H,21,25)/t10-/m1/s1. The summed E-state index contributed by atoms with van der Waals surface area (Å²) >= 11 is 1.33. The first-order valence-electron chi connectivity index (χ1n) is 8.82. The van der Waals surface area contributed by atoms with Gasteiger partial charge in [0.2, 0.25) is 0 Å². The second-order valence-electron chi connectivity index (χ2n) is 6.74. The number of ether oxygens (including phenoxy) is 1. The molecule has 0 saturated heterocycles. The summed E-state index contributed by atoms with van der Waals surface area (Å²) in [7, 11) is 1.61. The highest BCUT2D eigenvalue weighted by molar-refractivity contribution is 7.17. The normalized spacial score (nSPS) is 13.7. The third-order valence-corrected chi connectivity index (χ3v) is 5.89. The smallest absolute Gasteiger partial charge is 0.355 e. The van der Waals surface area contributed by atoms with Crippen molar-refractivity contribution in [1.29, 1.82) is 0 Å². The molecule has 9 heteroatoms. The number of ketones is 1. The van der Waals surface area contributed by atoms with Crippen LogP contribution >= 0.6 is 11.3 Å². The first kappa shape index (κ1) is 19.8. The van der Waals surface area contributed by atoms with Gasteiger partial charge in [0.25, 0.3) is 11.8 Å².